The maximum atomic E-state index is 13.3. The quantitative estimate of drug-likeness (QED) is 0.476. The van der Waals surface area contributed by atoms with Crippen molar-refractivity contribution in [1.82, 2.24) is 9.80 Å². The van der Waals surface area contributed by atoms with Crippen LogP contribution in [0.15, 0.2) is 53.0 Å². The number of para-hydroxylation sites is 1. The molecule has 0 amide bonds. The smallest absolute Gasteiger partial charge is 0.187 e. The molecule has 0 aromatic heterocycles. The first-order chi connectivity index (χ1) is 15.0. The number of carbonyl (C=O) groups excluding carboxylic acids is 1. The maximum Gasteiger partial charge on any atom is 0.187 e. The predicted octanol–water partition coefficient (Wildman–Crippen LogP) is 3.85. The minimum absolute atomic E-state index is 0.0448. The molecule has 2 aliphatic heterocycles. The molecule has 0 unspecified atom stereocenters. The molecular weight excluding hydrogens is 452 g/mol. The molecule has 6 heteroatoms. The standard InChI is InChI=1S/C25H31BrN4O/c1-27-11-15-29(16-12-27)23-6-4-3-5-20(23)7-10-25(31)22-19-21(26)8-9-24(22)30-17-13-28(2)14-18-30/h3-10,19H,11-18H2,1-2H3. The second-order valence-electron chi connectivity index (χ2n) is 8.50. The average Bonchev–Trinajstić information content (AvgIpc) is 2.79. The maximum absolute atomic E-state index is 13.3. The van der Waals surface area contributed by atoms with E-state index < -0.39 is 0 Å². The summed E-state index contributed by atoms with van der Waals surface area (Å²) in [5, 5.41) is 0. The number of rotatable bonds is 5. The van der Waals surface area contributed by atoms with Crippen LogP contribution in [0.2, 0.25) is 0 Å². The predicted molar refractivity (Wildman–Crippen MR) is 133 cm³/mol. The molecular formula is C25H31BrN4O. The van der Waals surface area contributed by atoms with Crippen LogP contribution in [0.1, 0.15) is 15.9 Å². The highest BCUT2D eigenvalue weighted by atomic mass is 79.9. The number of benzene rings is 2. The lowest BCUT2D eigenvalue weighted by Gasteiger charge is -2.35. The molecule has 2 aromatic carbocycles. The fourth-order valence-electron chi connectivity index (χ4n) is 4.25. The SMILES string of the molecule is CN1CCN(c2ccccc2C=CC(=O)c2cc(Br)ccc2N2CCN(C)CC2)CC1. The van der Waals surface area contributed by atoms with Gasteiger partial charge in [0.25, 0.3) is 0 Å². The van der Waals surface area contributed by atoms with Gasteiger partial charge in [0, 0.05) is 73.8 Å². The largest absolute Gasteiger partial charge is 0.368 e. The van der Waals surface area contributed by atoms with E-state index in [0.717, 1.165) is 73.6 Å². The zero-order chi connectivity index (χ0) is 21.8. The summed E-state index contributed by atoms with van der Waals surface area (Å²) in [4.78, 5) is 22.7. The average molecular weight is 483 g/mol. The molecule has 0 atom stereocenters. The van der Waals surface area contributed by atoms with Crippen LogP contribution in [0.5, 0.6) is 0 Å². The summed E-state index contributed by atoms with van der Waals surface area (Å²) in [6.45, 7) is 8.04. The van der Waals surface area contributed by atoms with Crippen molar-refractivity contribution in [2.75, 3.05) is 76.3 Å². The van der Waals surface area contributed by atoms with Gasteiger partial charge in [-0.15, -0.1) is 0 Å². The number of piperazine rings is 2. The molecule has 0 bridgehead atoms. The highest BCUT2D eigenvalue weighted by Crippen LogP contribution is 2.28. The van der Waals surface area contributed by atoms with Crippen LogP contribution >= 0.6 is 15.9 Å². The first-order valence-electron chi connectivity index (χ1n) is 11.0. The molecule has 0 saturated carbocycles. The normalized spacial score (nSPS) is 18.7. The highest BCUT2D eigenvalue weighted by Gasteiger charge is 2.20. The number of hydrogen-bond acceptors (Lipinski definition) is 5. The van der Waals surface area contributed by atoms with Crippen LogP contribution in [0.3, 0.4) is 0 Å². The van der Waals surface area contributed by atoms with Gasteiger partial charge in [-0.1, -0.05) is 34.1 Å². The van der Waals surface area contributed by atoms with Crippen LogP contribution < -0.4 is 9.80 Å². The lowest BCUT2D eigenvalue weighted by molar-refractivity contribution is 0.104. The Morgan fingerprint density at radius 3 is 2.03 bits per heavy atom. The highest BCUT2D eigenvalue weighted by molar-refractivity contribution is 9.10. The summed E-state index contributed by atoms with van der Waals surface area (Å²) in [6, 6.07) is 14.4. The van der Waals surface area contributed by atoms with Gasteiger partial charge in [0.2, 0.25) is 0 Å². The molecule has 31 heavy (non-hydrogen) atoms. The summed E-state index contributed by atoms with van der Waals surface area (Å²) >= 11 is 3.55. The van der Waals surface area contributed by atoms with E-state index in [9.17, 15) is 4.79 Å². The minimum Gasteiger partial charge on any atom is -0.368 e. The minimum atomic E-state index is 0.0448. The Labute approximate surface area is 194 Å². The third kappa shape index (κ3) is 5.37. The Balaban J connectivity index is 1.56. The topological polar surface area (TPSA) is 30.0 Å². The van der Waals surface area contributed by atoms with Gasteiger partial charge >= 0.3 is 0 Å². The molecule has 4 rings (SSSR count). The summed E-state index contributed by atoms with van der Waals surface area (Å²) in [5.41, 5.74) is 4.08. The van der Waals surface area contributed by atoms with Gasteiger partial charge < -0.3 is 19.6 Å². The van der Waals surface area contributed by atoms with Crippen molar-refractivity contribution >= 4 is 39.2 Å². The van der Waals surface area contributed by atoms with E-state index >= 15 is 0 Å². The number of allylic oxidation sites excluding steroid dienone is 1. The van der Waals surface area contributed by atoms with Crippen LogP contribution in [0.25, 0.3) is 6.08 Å². The molecule has 2 saturated heterocycles. The van der Waals surface area contributed by atoms with Crippen molar-refractivity contribution in [2.24, 2.45) is 0 Å². The molecule has 2 aromatic rings. The number of hydrogen-bond donors (Lipinski definition) is 0. The van der Waals surface area contributed by atoms with Gasteiger partial charge in [-0.2, -0.15) is 0 Å². The monoisotopic (exact) mass is 482 g/mol. The summed E-state index contributed by atoms with van der Waals surface area (Å²) in [6.07, 6.45) is 3.71. The third-order valence-electron chi connectivity index (χ3n) is 6.26. The molecule has 0 spiro atoms. The zero-order valence-corrected chi connectivity index (χ0v) is 20.0. The van der Waals surface area contributed by atoms with Crippen molar-refractivity contribution < 1.29 is 4.79 Å². The Bertz CT molecular complexity index is 944. The first kappa shape index (κ1) is 22.1. The molecule has 164 valence electrons. The van der Waals surface area contributed by atoms with Crippen molar-refractivity contribution in [3.05, 3.63) is 64.1 Å². The van der Waals surface area contributed by atoms with Gasteiger partial charge in [-0.25, -0.2) is 0 Å². The summed E-state index contributed by atoms with van der Waals surface area (Å²) < 4.78 is 0.931. The van der Waals surface area contributed by atoms with E-state index in [1.807, 2.05) is 24.3 Å². The first-order valence-corrected chi connectivity index (χ1v) is 11.8. The molecule has 2 aliphatic rings. The Morgan fingerprint density at radius 2 is 1.39 bits per heavy atom. The molecule has 2 fully saturated rings. The Hall–Kier alpha value is -2.15. The number of ketones is 1. The lowest BCUT2D eigenvalue weighted by Crippen LogP contribution is -2.45. The number of anilines is 2. The number of nitrogens with zero attached hydrogens (tertiary/aromatic N) is 4. The van der Waals surface area contributed by atoms with Crippen molar-refractivity contribution in [2.45, 2.75) is 0 Å². The molecule has 5 nitrogen and oxygen atoms in total. The number of carbonyl (C=O) groups is 1. The third-order valence-corrected chi connectivity index (χ3v) is 6.76. The number of likely N-dealkylation sites (N-methyl/N-ethyl adjacent to an activating group) is 2. The van der Waals surface area contributed by atoms with Crippen LogP contribution in [-0.4, -0.2) is 82.0 Å². The lowest BCUT2D eigenvalue weighted by atomic mass is 10.0. The van der Waals surface area contributed by atoms with Gasteiger partial charge in [0.15, 0.2) is 5.78 Å². The van der Waals surface area contributed by atoms with E-state index in [1.54, 1.807) is 6.08 Å². The van der Waals surface area contributed by atoms with Crippen molar-refractivity contribution in [3.63, 3.8) is 0 Å². The molecule has 2 heterocycles. The van der Waals surface area contributed by atoms with Gasteiger partial charge in [-0.3, -0.25) is 4.79 Å². The van der Waals surface area contributed by atoms with Gasteiger partial charge in [0.1, 0.15) is 0 Å². The Kier molecular flexibility index (Phi) is 7.10. The van der Waals surface area contributed by atoms with E-state index in [-0.39, 0.29) is 5.78 Å². The van der Waals surface area contributed by atoms with E-state index in [2.05, 4.69) is 73.9 Å². The van der Waals surface area contributed by atoms with E-state index in [1.165, 1.54) is 5.69 Å². The fourth-order valence-corrected chi connectivity index (χ4v) is 4.61. The summed E-state index contributed by atoms with van der Waals surface area (Å²) in [7, 11) is 4.31. The van der Waals surface area contributed by atoms with E-state index in [4.69, 9.17) is 0 Å². The number of halogens is 1. The molecule has 0 aliphatic carbocycles. The van der Waals surface area contributed by atoms with Crippen molar-refractivity contribution in [3.8, 4) is 0 Å². The molecule has 0 N–H and O–H groups in total. The van der Waals surface area contributed by atoms with Crippen molar-refractivity contribution in [1.29, 1.82) is 0 Å². The van der Waals surface area contributed by atoms with Crippen LogP contribution in [0, 0.1) is 0 Å². The second-order valence-corrected chi connectivity index (χ2v) is 9.41. The van der Waals surface area contributed by atoms with E-state index in [0.29, 0.717) is 0 Å². The zero-order valence-electron chi connectivity index (χ0n) is 18.4. The second kappa shape index (κ2) is 9.98. The van der Waals surface area contributed by atoms with Gasteiger partial charge in [-0.05, 0) is 56.1 Å². The van der Waals surface area contributed by atoms with Gasteiger partial charge in [0.05, 0.1) is 0 Å². The summed E-state index contributed by atoms with van der Waals surface area (Å²) in [5.74, 6) is 0.0448. The van der Waals surface area contributed by atoms with Crippen LogP contribution in [0.4, 0.5) is 11.4 Å². The Morgan fingerprint density at radius 1 is 0.806 bits per heavy atom. The molecule has 0 radical (unpaired) electrons. The van der Waals surface area contributed by atoms with Crippen LogP contribution in [-0.2, 0) is 0 Å². The fraction of sp³-hybridized carbons (Fsp3) is 0.400.